The van der Waals surface area contributed by atoms with Crippen molar-refractivity contribution in [1.82, 2.24) is 10.2 Å². The van der Waals surface area contributed by atoms with Crippen LogP contribution >= 0.6 is 0 Å². The molecule has 0 aliphatic heterocycles. The number of phenolic OH excluding ortho intramolecular Hbond substituents is 1. The van der Waals surface area contributed by atoms with E-state index in [4.69, 9.17) is 4.74 Å². The van der Waals surface area contributed by atoms with Crippen LogP contribution in [0.1, 0.15) is 88.6 Å². The molecule has 2 aromatic rings. The number of carbonyl (C=O) groups is 3. The molecule has 1 saturated carbocycles. The fourth-order valence-electron chi connectivity index (χ4n) is 5.03. The zero-order chi connectivity index (χ0) is 29.8. The van der Waals surface area contributed by atoms with Crippen molar-refractivity contribution in [1.29, 1.82) is 0 Å². The van der Waals surface area contributed by atoms with Gasteiger partial charge in [0.05, 0.1) is 0 Å². The molecule has 218 valence electrons. The number of alkyl carbamates (subject to hydrolysis) is 1. The number of aryl methyl sites for hydroxylation is 3. The van der Waals surface area contributed by atoms with Gasteiger partial charge < -0.3 is 25.4 Å². The van der Waals surface area contributed by atoms with Crippen LogP contribution in [0.25, 0.3) is 0 Å². The van der Waals surface area contributed by atoms with Crippen LogP contribution in [0, 0.1) is 26.7 Å². The van der Waals surface area contributed by atoms with Gasteiger partial charge in [-0.2, -0.15) is 0 Å². The van der Waals surface area contributed by atoms with Crippen molar-refractivity contribution in [2.75, 3.05) is 5.32 Å². The topological polar surface area (TPSA) is 108 Å². The van der Waals surface area contributed by atoms with E-state index in [2.05, 4.69) is 10.6 Å². The fraction of sp³-hybridized carbons (Fsp3) is 0.531. The Morgan fingerprint density at radius 2 is 1.57 bits per heavy atom. The minimum atomic E-state index is -1.10. The van der Waals surface area contributed by atoms with E-state index >= 15 is 0 Å². The summed E-state index contributed by atoms with van der Waals surface area (Å²) >= 11 is 0. The summed E-state index contributed by atoms with van der Waals surface area (Å²) in [7, 11) is 0. The van der Waals surface area contributed by atoms with E-state index in [1.165, 1.54) is 0 Å². The number of rotatable bonds is 9. The first-order valence-electron chi connectivity index (χ1n) is 14.2. The van der Waals surface area contributed by atoms with E-state index in [0.29, 0.717) is 23.2 Å². The number of ether oxygens (including phenoxy) is 1. The predicted molar refractivity (Wildman–Crippen MR) is 157 cm³/mol. The number of carbonyl (C=O) groups excluding carboxylic acids is 3. The Balaban J connectivity index is 2.10. The zero-order valence-electron chi connectivity index (χ0n) is 25.1. The molecule has 0 radical (unpaired) electrons. The van der Waals surface area contributed by atoms with E-state index in [1.807, 2.05) is 45.9 Å². The molecule has 0 spiro atoms. The minimum Gasteiger partial charge on any atom is -0.507 e. The van der Waals surface area contributed by atoms with Crippen molar-refractivity contribution >= 4 is 23.6 Å². The predicted octanol–water partition coefficient (Wildman–Crippen LogP) is 6.32. The summed E-state index contributed by atoms with van der Waals surface area (Å²) in [5, 5.41) is 17.0. The third-order valence-electron chi connectivity index (χ3n) is 7.24. The lowest BCUT2D eigenvalue weighted by Crippen LogP contribution is -2.57. The summed E-state index contributed by atoms with van der Waals surface area (Å²) in [6.45, 7) is 14.8. The molecule has 0 saturated heterocycles. The van der Waals surface area contributed by atoms with Crippen molar-refractivity contribution in [3.63, 3.8) is 0 Å². The number of phenols is 1. The molecule has 3 N–H and O–H groups in total. The highest BCUT2D eigenvalue weighted by Crippen LogP contribution is 2.39. The summed E-state index contributed by atoms with van der Waals surface area (Å²) in [5.74, 6) is -0.728. The third kappa shape index (κ3) is 7.55. The largest absolute Gasteiger partial charge is 0.507 e. The number of hydrogen-bond donors (Lipinski definition) is 3. The van der Waals surface area contributed by atoms with Gasteiger partial charge in [-0.05, 0) is 89.8 Å². The van der Waals surface area contributed by atoms with Crippen LogP contribution in [0.2, 0.25) is 0 Å². The normalized spacial score (nSPS) is 15.1. The number of hydrogen-bond acceptors (Lipinski definition) is 5. The highest BCUT2D eigenvalue weighted by molar-refractivity contribution is 6.00. The standard InChI is InChI=1S/C32H45N3O5/c1-19(2)18-25(33-31(39)40-32(6,7)8)30(38)35(23-15-11-16-23)27(24-17-10-14-22(5)28(24)36)29(37)34-26-20(3)12-9-13-21(26)4/h9-10,12-14,17,19,23,25,27,36H,11,15-16,18H2,1-8H3,(H,33,39)(H,34,37). The fourth-order valence-corrected chi connectivity index (χ4v) is 5.03. The lowest BCUT2D eigenvalue weighted by Gasteiger charge is -2.44. The second-order valence-corrected chi connectivity index (χ2v) is 12.3. The van der Waals surface area contributed by atoms with Gasteiger partial charge in [0.15, 0.2) is 0 Å². The molecular weight excluding hydrogens is 506 g/mol. The first-order chi connectivity index (χ1) is 18.7. The Morgan fingerprint density at radius 1 is 1.00 bits per heavy atom. The quantitative estimate of drug-likeness (QED) is 0.338. The molecule has 2 atom stereocenters. The second kappa shape index (κ2) is 12.7. The molecule has 3 rings (SSSR count). The monoisotopic (exact) mass is 551 g/mol. The Morgan fingerprint density at radius 3 is 2.10 bits per heavy atom. The molecular formula is C32H45N3O5. The maximum Gasteiger partial charge on any atom is 0.408 e. The molecule has 8 nitrogen and oxygen atoms in total. The zero-order valence-corrected chi connectivity index (χ0v) is 25.1. The van der Waals surface area contributed by atoms with Crippen LogP contribution in [-0.4, -0.2) is 45.6 Å². The van der Waals surface area contributed by atoms with Crippen molar-refractivity contribution in [2.24, 2.45) is 5.92 Å². The van der Waals surface area contributed by atoms with Gasteiger partial charge >= 0.3 is 6.09 Å². The summed E-state index contributed by atoms with van der Waals surface area (Å²) in [4.78, 5) is 43.0. The maximum atomic E-state index is 14.4. The number of anilines is 1. The minimum absolute atomic E-state index is 0.0261. The van der Waals surface area contributed by atoms with Crippen LogP contribution in [0.3, 0.4) is 0 Å². The van der Waals surface area contributed by atoms with Crippen LogP contribution in [0.15, 0.2) is 36.4 Å². The van der Waals surface area contributed by atoms with Crippen LogP contribution < -0.4 is 10.6 Å². The third-order valence-corrected chi connectivity index (χ3v) is 7.24. The average Bonchev–Trinajstić information content (AvgIpc) is 2.80. The molecule has 1 aliphatic carbocycles. The van der Waals surface area contributed by atoms with Gasteiger partial charge in [-0.25, -0.2) is 4.79 Å². The van der Waals surface area contributed by atoms with Crippen LogP contribution in [0.5, 0.6) is 5.75 Å². The molecule has 0 heterocycles. The van der Waals surface area contributed by atoms with Crippen molar-refractivity contribution in [3.8, 4) is 5.75 Å². The molecule has 2 unspecified atom stereocenters. The highest BCUT2D eigenvalue weighted by atomic mass is 16.6. The average molecular weight is 552 g/mol. The van der Waals surface area contributed by atoms with Crippen molar-refractivity contribution < 1.29 is 24.2 Å². The Labute approximate surface area is 238 Å². The van der Waals surface area contributed by atoms with E-state index in [9.17, 15) is 19.5 Å². The Bertz CT molecular complexity index is 1210. The first-order valence-corrected chi connectivity index (χ1v) is 14.2. The molecule has 8 heteroatoms. The summed E-state index contributed by atoms with van der Waals surface area (Å²) in [6.07, 6.45) is 2.06. The van der Waals surface area contributed by atoms with Gasteiger partial charge in [0, 0.05) is 17.3 Å². The van der Waals surface area contributed by atoms with E-state index in [0.717, 1.165) is 30.4 Å². The molecule has 0 bridgehead atoms. The van der Waals surface area contributed by atoms with Gasteiger partial charge in [0.1, 0.15) is 23.4 Å². The van der Waals surface area contributed by atoms with Gasteiger partial charge in [0.2, 0.25) is 5.91 Å². The van der Waals surface area contributed by atoms with Gasteiger partial charge in [-0.3, -0.25) is 9.59 Å². The number of nitrogens with zero attached hydrogens (tertiary/aromatic N) is 1. The lowest BCUT2D eigenvalue weighted by molar-refractivity contribution is -0.146. The summed E-state index contributed by atoms with van der Waals surface area (Å²) in [6, 6.07) is 8.77. The Kier molecular flexibility index (Phi) is 9.87. The van der Waals surface area contributed by atoms with Gasteiger partial charge in [-0.1, -0.05) is 50.2 Å². The maximum absolute atomic E-state index is 14.4. The number of benzene rings is 2. The summed E-state index contributed by atoms with van der Waals surface area (Å²) < 4.78 is 5.47. The van der Waals surface area contributed by atoms with E-state index in [1.54, 1.807) is 50.8 Å². The second-order valence-electron chi connectivity index (χ2n) is 12.3. The molecule has 1 fully saturated rings. The Hall–Kier alpha value is -3.55. The van der Waals surface area contributed by atoms with E-state index in [-0.39, 0.29) is 23.6 Å². The van der Waals surface area contributed by atoms with Gasteiger partial charge in [-0.15, -0.1) is 0 Å². The molecule has 2 aromatic carbocycles. The van der Waals surface area contributed by atoms with Gasteiger partial charge in [0.25, 0.3) is 5.91 Å². The number of para-hydroxylation sites is 2. The molecule has 1 aliphatic rings. The number of nitrogens with one attached hydrogen (secondary N) is 2. The van der Waals surface area contributed by atoms with E-state index < -0.39 is 29.7 Å². The molecule has 3 amide bonds. The number of aromatic hydroxyl groups is 1. The number of amides is 3. The first kappa shape index (κ1) is 31.0. The van der Waals surface area contributed by atoms with Crippen LogP contribution in [0.4, 0.5) is 10.5 Å². The van der Waals surface area contributed by atoms with Crippen molar-refractivity contribution in [2.45, 2.75) is 105 Å². The lowest BCUT2D eigenvalue weighted by atomic mass is 9.87. The SMILES string of the molecule is Cc1cccc(C(C(=O)Nc2c(C)cccc2C)N(C(=O)C(CC(C)C)NC(=O)OC(C)(C)C)C2CCC2)c1O. The smallest absolute Gasteiger partial charge is 0.408 e. The molecule has 0 aromatic heterocycles. The molecule has 40 heavy (non-hydrogen) atoms. The van der Waals surface area contributed by atoms with Crippen molar-refractivity contribution in [3.05, 3.63) is 58.7 Å². The highest BCUT2D eigenvalue weighted by Gasteiger charge is 2.43. The summed E-state index contributed by atoms with van der Waals surface area (Å²) in [5.41, 5.74) is 2.69. The van der Waals surface area contributed by atoms with Crippen LogP contribution in [-0.2, 0) is 14.3 Å².